The summed E-state index contributed by atoms with van der Waals surface area (Å²) in [5.74, 6) is -0.858. The van der Waals surface area contributed by atoms with Gasteiger partial charge in [-0.15, -0.1) is 0 Å². The Morgan fingerprint density at radius 3 is 2.56 bits per heavy atom. The van der Waals surface area contributed by atoms with Crippen LogP contribution in [0, 0.1) is 13.8 Å². The lowest BCUT2D eigenvalue weighted by Gasteiger charge is -2.10. The highest BCUT2D eigenvalue weighted by Gasteiger charge is 2.08. The monoisotopic (exact) mass is 221 g/mol. The van der Waals surface area contributed by atoms with Crippen LogP contribution in [-0.4, -0.2) is 17.6 Å². The van der Waals surface area contributed by atoms with Gasteiger partial charge in [-0.25, -0.2) is 4.79 Å². The lowest BCUT2D eigenvalue weighted by molar-refractivity contribution is 0.0696. The van der Waals surface area contributed by atoms with Gasteiger partial charge in [0, 0.05) is 0 Å². The first-order chi connectivity index (χ1) is 7.56. The molecule has 3 heteroatoms. The Labute approximate surface area is 96.3 Å². The van der Waals surface area contributed by atoms with Crippen molar-refractivity contribution in [1.82, 2.24) is 0 Å². The Balaban J connectivity index is 2.93. The van der Waals surface area contributed by atoms with Crippen LogP contribution in [0.25, 0.3) is 0 Å². The highest BCUT2D eigenvalue weighted by atomic mass is 16.4. The van der Waals surface area contributed by atoms with Crippen molar-refractivity contribution in [2.45, 2.75) is 33.1 Å². The summed E-state index contributed by atoms with van der Waals surface area (Å²) in [6, 6.07) is 3.51. The first-order valence-corrected chi connectivity index (χ1v) is 5.59. The first-order valence-electron chi connectivity index (χ1n) is 5.59. The van der Waals surface area contributed by atoms with E-state index in [1.165, 1.54) is 5.56 Å². The number of hydrogen-bond acceptors (Lipinski definition) is 2. The van der Waals surface area contributed by atoms with Crippen LogP contribution in [0.5, 0.6) is 0 Å². The Kier molecular flexibility index (Phi) is 4.50. The maximum Gasteiger partial charge on any atom is 0.335 e. The van der Waals surface area contributed by atoms with Crippen LogP contribution in [0.15, 0.2) is 12.1 Å². The van der Waals surface area contributed by atoms with Crippen molar-refractivity contribution in [3.63, 3.8) is 0 Å². The maximum atomic E-state index is 10.9. The van der Waals surface area contributed by atoms with Crippen molar-refractivity contribution >= 4 is 5.97 Å². The molecular formula is C13H19NO2. The molecule has 0 aliphatic rings. The molecule has 16 heavy (non-hydrogen) atoms. The van der Waals surface area contributed by atoms with Crippen molar-refractivity contribution in [2.24, 2.45) is 5.73 Å². The van der Waals surface area contributed by atoms with Crippen LogP contribution in [0.2, 0.25) is 0 Å². The third-order valence-corrected chi connectivity index (χ3v) is 2.92. The third kappa shape index (κ3) is 3.07. The van der Waals surface area contributed by atoms with Gasteiger partial charge in [-0.1, -0.05) is 0 Å². The molecule has 1 rings (SSSR count). The van der Waals surface area contributed by atoms with E-state index in [-0.39, 0.29) is 0 Å². The molecule has 0 saturated heterocycles. The van der Waals surface area contributed by atoms with E-state index in [1.807, 2.05) is 13.8 Å². The van der Waals surface area contributed by atoms with Gasteiger partial charge >= 0.3 is 5.97 Å². The number of rotatable bonds is 5. The SMILES string of the molecule is Cc1cc(C(=O)O)cc(CCCCN)c1C. The smallest absolute Gasteiger partial charge is 0.335 e. The van der Waals surface area contributed by atoms with Crippen molar-refractivity contribution in [3.05, 3.63) is 34.4 Å². The van der Waals surface area contributed by atoms with Gasteiger partial charge < -0.3 is 10.8 Å². The molecule has 1 aromatic carbocycles. The predicted octanol–water partition coefficient (Wildman–Crippen LogP) is 2.28. The van der Waals surface area contributed by atoms with Gasteiger partial charge in [0.25, 0.3) is 0 Å². The topological polar surface area (TPSA) is 63.3 Å². The summed E-state index contributed by atoms with van der Waals surface area (Å²) < 4.78 is 0. The number of benzene rings is 1. The molecule has 88 valence electrons. The molecule has 0 spiro atoms. The van der Waals surface area contributed by atoms with E-state index in [4.69, 9.17) is 10.8 Å². The largest absolute Gasteiger partial charge is 0.478 e. The second-order valence-corrected chi connectivity index (χ2v) is 4.13. The molecule has 0 amide bonds. The minimum absolute atomic E-state index is 0.380. The highest BCUT2D eigenvalue weighted by Crippen LogP contribution is 2.18. The molecule has 0 fully saturated rings. The summed E-state index contributed by atoms with van der Waals surface area (Å²) >= 11 is 0. The average Bonchev–Trinajstić information content (AvgIpc) is 2.24. The van der Waals surface area contributed by atoms with Gasteiger partial charge in [0.05, 0.1) is 5.56 Å². The van der Waals surface area contributed by atoms with Gasteiger partial charge in [-0.05, 0) is 68.5 Å². The average molecular weight is 221 g/mol. The van der Waals surface area contributed by atoms with E-state index in [2.05, 4.69) is 0 Å². The zero-order valence-corrected chi connectivity index (χ0v) is 9.92. The maximum absolute atomic E-state index is 10.9. The van der Waals surface area contributed by atoms with Crippen LogP contribution >= 0.6 is 0 Å². The zero-order chi connectivity index (χ0) is 12.1. The number of nitrogens with two attached hydrogens (primary N) is 1. The summed E-state index contributed by atoms with van der Waals surface area (Å²) in [4.78, 5) is 10.9. The number of unbranched alkanes of at least 4 members (excludes halogenated alkanes) is 1. The van der Waals surface area contributed by atoms with Gasteiger partial charge in [-0.2, -0.15) is 0 Å². The van der Waals surface area contributed by atoms with Crippen molar-refractivity contribution in [3.8, 4) is 0 Å². The van der Waals surface area contributed by atoms with Gasteiger partial charge in [0.15, 0.2) is 0 Å². The lowest BCUT2D eigenvalue weighted by Crippen LogP contribution is -2.03. The van der Waals surface area contributed by atoms with E-state index in [0.717, 1.165) is 30.4 Å². The number of carboxylic acids is 1. The molecule has 0 saturated carbocycles. The molecule has 0 unspecified atom stereocenters. The Morgan fingerprint density at radius 1 is 1.31 bits per heavy atom. The summed E-state index contributed by atoms with van der Waals surface area (Å²) in [6.07, 6.45) is 2.90. The molecule has 3 N–H and O–H groups in total. The molecule has 0 atom stereocenters. The van der Waals surface area contributed by atoms with Crippen molar-refractivity contribution in [1.29, 1.82) is 0 Å². The van der Waals surface area contributed by atoms with Crippen LogP contribution in [-0.2, 0) is 6.42 Å². The molecule has 1 aromatic rings. The van der Waals surface area contributed by atoms with Crippen LogP contribution in [0.3, 0.4) is 0 Å². The van der Waals surface area contributed by atoms with E-state index >= 15 is 0 Å². The van der Waals surface area contributed by atoms with E-state index in [9.17, 15) is 4.79 Å². The van der Waals surface area contributed by atoms with Crippen molar-refractivity contribution in [2.75, 3.05) is 6.54 Å². The zero-order valence-electron chi connectivity index (χ0n) is 9.92. The molecule has 0 aromatic heterocycles. The van der Waals surface area contributed by atoms with Gasteiger partial charge in [0.1, 0.15) is 0 Å². The number of aryl methyl sites for hydroxylation is 2. The van der Waals surface area contributed by atoms with Gasteiger partial charge in [0.2, 0.25) is 0 Å². The number of carbonyl (C=O) groups is 1. The highest BCUT2D eigenvalue weighted by molar-refractivity contribution is 5.88. The summed E-state index contributed by atoms with van der Waals surface area (Å²) in [5, 5.41) is 8.98. The van der Waals surface area contributed by atoms with E-state index in [1.54, 1.807) is 12.1 Å². The number of carboxylic acid groups (broad SMARTS) is 1. The standard InChI is InChI=1S/C13H19NO2/c1-9-7-12(13(15)16)8-11(10(9)2)5-3-4-6-14/h7-8H,3-6,14H2,1-2H3,(H,15,16). The van der Waals surface area contributed by atoms with Crippen LogP contribution in [0.4, 0.5) is 0 Å². The summed E-state index contributed by atoms with van der Waals surface area (Å²) in [7, 11) is 0. The van der Waals surface area contributed by atoms with E-state index in [0.29, 0.717) is 12.1 Å². The predicted molar refractivity (Wildman–Crippen MR) is 64.9 cm³/mol. The Bertz CT molecular complexity index is 386. The van der Waals surface area contributed by atoms with Crippen LogP contribution in [0.1, 0.15) is 39.9 Å². The Morgan fingerprint density at radius 2 is 2.00 bits per heavy atom. The summed E-state index contributed by atoms with van der Waals surface area (Å²) in [6.45, 7) is 4.68. The van der Waals surface area contributed by atoms with Gasteiger partial charge in [-0.3, -0.25) is 0 Å². The molecule has 0 bridgehead atoms. The minimum atomic E-state index is -0.858. The molecule has 3 nitrogen and oxygen atoms in total. The fraction of sp³-hybridized carbons (Fsp3) is 0.462. The third-order valence-electron chi connectivity index (χ3n) is 2.92. The molecular weight excluding hydrogens is 202 g/mol. The second kappa shape index (κ2) is 5.66. The normalized spacial score (nSPS) is 10.4. The fourth-order valence-corrected chi connectivity index (χ4v) is 1.78. The Hall–Kier alpha value is -1.35. The number of aromatic carboxylic acids is 1. The minimum Gasteiger partial charge on any atom is -0.478 e. The molecule has 0 aliphatic heterocycles. The van der Waals surface area contributed by atoms with E-state index < -0.39 is 5.97 Å². The second-order valence-electron chi connectivity index (χ2n) is 4.13. The first kappa shape index (κ1) is 12.7. The van der Waals surface area contributed by atoms with Crippen LogP contribution < -0.4 is 5.73 Å². The molecule has 0 radical (unpaired) electrons. The van der Waals surface area contributed by atoms with Crippen molar-refractivity contribution < 1.29 is 9.90 Å². The lowest BCUT2D eigenvalue weighted by atomic mass is 9.96. The number of hydrogen-bond donors (Lipinski definition) is 2. The molecule has 0 aliphatic carbocycles. The fourth-order valence-electron chi connectivity index (χ4n) is 1.78. The summed E-state index contributed by atoms with van der Waals surface area (Å²) in [5.41, 5.74) is 9.20. The molecule has 0 heterocycles. The quantitative estimate of drug-likeness (QED) is 0.750.